The van der Waals surface area contributed by atoms with Crippen molar-refractivity contribution in [1.29, 1.82) is 5.41 Å². The zero-order valence-corrected chi connectivity index (χ0v) is 6.93. The fourth-order valence-corrected chi connectivity index (χ4v) is 1.23. The number of nitrogens with one attached hydrogen (secondary N) is 2. The van der Waals surface area contributed by atoms with Crippen molar-refractivity contribution in [3.63, 3.8) is 0 Å². The smallest absolute Gasteiger partial charge is 0.122 e. The average molecular weight is 153 g/mol. The third kappa shape index (κ3) is 2.26. The minimum atomic E-state index is 0.622. The molecule has 0 bridgehead atoms. The van der Waals surface area contributed by atoms with Crippen LogP contribution in [0.3, 0.4) is 0 Å². The normalized spacial score (nSPS) is 17.7. The second-order valence-corrected chi connectivity index (χ2v) is 2.70. The van der Waals surface area contributed by atoms with Crippen LogP contribution in [0.5, 0.6) is 0 Å². The van der Waals surface area contributed by atoms with Crippen LogP contribution in [0.25, 0.3) is 0 Å². The summed E-state index contributed by atoms with van der Waals surface area (Å²) in [6.07, 6.45) is 6.05. The Hall–Kier alpha value is -0.990. The van der Waals surface area contributed by atoms with Gasteiger partial charge in [0.25, 0.3) is 0 Å². The highest BCUT2D eigenvalue weighted by Crippen LogP contribution is 2.07. The molecule has 0 saturated carbocycles. The van der Waals surface area contributed by atoms with E-state index in [1.807, 2.05) is 7.05 Å². The summed E-state index contributed by atoms with van der Waals surface area (Å²) in [6.45, 7) is 2.10. The Kier molecular flexibility index (Phi) is 2.95. The molecule has 3 nitrogen and oxygen atoms in total. The first-order chi connectivity index (χ1) is 5.34. The summed E-state index contributed by atoms with van der Waals surface area (Å²) < 4.78 is 0. The van der Waals surface area contributed by atoms with E-state index in [0.29, 0.717) is 5.84 Å². The van der Waals surface area contributed by atoms with Crippen LogP contribution < -0.4 is 5.32 Å². The van der Waals surface area contributed by atoms with Crippen LogP contribution >= 0.6 is 0 Å². The monoisotopic (exact) mass is 153 g/mol. The first-order valence-electron chi connectivity index (χ1n) is 4.02. The van der Waals surface area contributed by atoms with E-state index < -0.39 is 0 Å². The van der Waals surface area contributed by atoms with Gasteiger partial charge >= 0.3 is 0 Å². The van der Waals surface area contributed by atoms with Gasteiger partial charge < -0.3 is 10.2 Å². The van der Waals surface area contributed by atoms with E-state index in [4.69, 9.17) is 5.41 Å². The fourth-order valence-electron chi connectivity index (χ4n) is 1.23. The molecule has 1 rings (SSSR count). The zero-order chi connectivity index (χ0) is 8.10. The molecule has 1 aliphatic rings. The molecular formula is C8H15N3. The van der Waals surface area contributed by atoms with E-state index in [0.717, 1.165) is 13.1 Å². The molecule has 0 aromatic carbocycles. The summed E-state index contributed by atoms with van der Waals surface area (Å²) in [4.78, 5) is 2.09. The minimum Gasteiger partial charge on any atom is -0.394 e. The van der Waals surface area contributed by atoms with Crippen LogP contribution in [0.4, 0.5) is 0 Å². The van der Waals surface area contributed by atoms with E-state index in [2.05, 4.69) is 10.2 Å². The summed E-state index contributed by atoms with van der Waals surface area (Å²) in [5, 5.41) is 10.5. The molecule has 0 spiro atoms. The maximum atomic E-state index is 7.59. The second-order valence-electron chi connectivity index (χ2n) is 2.70. The molecule has 62 valence electrons. The molecule has 1 aliphatic heterocycles. The zero-order valence-electron chi connectivity index (χ0n) is 6.93. The van der Waals surface area contributed by atoms with Crippen molar-refractivity contribution in [1.82, 2.24) is 10.2 Å². The predicted molar refractivity (Wildman–Crippen MR) is 46.7 cm³/mol. The lowest BCUT2D eigenvalue weighted by molar-refractivity contribution is 0.519. The number of hydrogen-bond donors (Lipinski definition) is 2. The van der Waals surface area contributed by atoms with Crippen molar-refractivity contribution in [2.45, 2.75) is 12.8 Å². The van der Waals surface area contributed by atoms with Crippen molar-refractivity contribution in [3.05, 3.63) is 12.3 Å². The predicted octanol–water partition coefficient (Wildman–Crippen LogP) is 0.793. The number of likely N-dealkylation sites (tertiary alicyclic amines) is 1. The van der Waals surface area contributed by atoms with Gasteiger partial charge in [-0.25, -0.2) is 0 Å². The first kappa shape index (κ1) is 8.11. The van der Waals surface area contributed by atoms with E-state index in [1.54, 1.807) is 12.3 Å². The summed E-state index contributed by atoms with van der Waals surface area (Å²) >= 11 is 0. The molecule has 11 heavy (non-hydrogen) atoms. The Morgan fingerprint density at radius 2 is 2.09 bits per heavy atom. The lowest BCUT2D eigenvalue weighted by Crippen LogP contribution is -2.25. The van der Waals surface area contributed by atoms with E-state index in [1.165, 1.54) is 12.8 Å². The average Bonchev–Trinajstić information content (AvgIpc) is 2.52. The third-order valence-electron chi connectivity index (χ3n) is 1.85. The van der Waals surface area contributed by atoms with Gasteiger partial charge in [0.2, 0.25) is 0 Å². The van der Waals surface area contributed by atoms with Crippen molar-refractivity contribution in [2.75, 3.05) is 20.1 Å². The highest BCUT2D eigenvalue weighted by molar-refractivity contribution is 5.90. The van der Waals surface area contributed by atoms with Crippen LogP contribution in [0, 0.1) is 5.41 Å². The van der Waals surface area contributed by atoms with Crippen LogP contribution in [-0.4, -0.2) is 30.9 Å². The van der Waals surface area contributed by atoms with Crippen LogP contribution in [0.1, 0.15) is 12.8 Å². The maximum Gasteiger partial charge on any atom is 0.122 e. The van der Waals surface area contributed by atoms with Gasteiger partial charge in [-0.1, -0.05) is 0 Å². The number of nitrogens with zero attached hydrogens (tertiary/aromatic N) is 1. The number of rotatable bonds is 2. The highest BCUT2D eigenvalue weighted by atomic mass is 15.2. The molecule has 3 heteroatoms. The van der Waals surface area contributed by atoms with Gasteiger partial charge in [-0.05, 0) is 25.1 Å². The van der Waals surface area contributed by atoms with Crippen molar-refractivity contribution in [3.8, 4) is 0 Å². The lowest BCUT2D eigenvalue weighted by atomic mass is 10.4. The maximum absolute atomic E-state index is 7.59. The number of amidine groups is 1. The Bertz CT molecular complexity index is 157. The van der Waals surface area contributed by atoms with Gasteiger partial charge in [-0.15, -0.1) is 0 Å². The molecule has 0 atom stereocenters. The van der Waals surface area contributed by atoms with Crippen molar-refractivity contribution < 1.29 is 0 Å². The minimum absolute atomic E-state index is 0.622. The Labute approximate surface area is 67.6 Å². The van der Waals surface area contributed by atoms with Crippen molar-refractivity contribution in [2.24, 2.45) is 0 Å². The highest BCUT2D eigenvalue weighted by Gasteiger charge is 2.11. The molecule has 1 saturated heterocycles. The molecule has 1 fully saturated rings. The van der Waals surface area contributed by atoms with E-state index in [9.17, 15) is 0 Å². The second kappa shape index (κ2) is 4.01. The van der Waals surface area contributed by atoms with Crippen LogP contribution in [0.15, 0.2) is 12.3 Å². The molecule has 1 heterocycles. The van der Waals surface area contributed by atoms with Crippen LogP contribution in [-0.2, 0) is 0 Å². The molecule has 0 aromatic rings. The molecule has 0 aromatic heterocycles. The number of hydrogen-bond acceptors (Lipinski definition) is 2. The van der Waals surface area contributed by atoms with E-state index >= 15 is 0 Å². The van der Waals surface area contributed by atoms with Gasteiger partial charge in [0, 0.05) is 20.1 Å². The van der Waals surface area contributed by atoms with Gasteiger partial charge in [-0.3, -0.25) is 5.41 Å². The quantitative estimate of drug-likeness (QED) is 0.455. The van der Waals surface area contributed by atoms with Gasteiger partial charge in [0.15, 0.2) is 0 Å². The van der Waals surface area contributed by atoms with E-state index in [-0.39, 0.29) is 0 Å². The van der Waals surface area contributed by atoms with Crippen molar-refractivity contribution >= 4 is 5.84 Å². The Morgan fingerprint density at radius 1 is 1.45 bits per heavy atom. The lowest BCUT2D eigenvalue weighted by Gasteiger charge is -2.14. The SMILES string of the molecule is CN/C=C\C(=N)N1CCCC1. The fraction of sp³-hybridized carbons (Fsp3) is 0.625. The van der Waals surface area contributed by atoms with Gasteiger partial charge in [-0.2, -0.15) is 0 Å². The molecule has 0 unspecified atom stereocenters. The summed E-state index contributed by atoms with van der Waals surface area (Å²) in [5.41, 5.74) is 0. The summed E-state index contributed by atoms with van der Waals surface area (Å²) in [7, 11) is 1.84. The largest absolute Gasteiger partial charge is 0.394 e. The third-order valence-corrected chi connectivity index (χ3v) is 1.85. The summed E-state index contributed by atoms with van der Waals surface area (Å²) in [5.74, 6) is 0.622. The molecule has 0 aliphatic carbocycles. The molecule has 2 N–H and O–H groups in total. The Morgan fingerprint density at radius 3 is 2.64 bits per heavy atom. The Balaban J connectivity index is 2.34. The summed E-state index contributed by atoms with van der Waals surface area (Å²) in [6, 6.07) is 0. The van der Waals surface area contributed by atoms with Gasteiger partial charge in [0.05, 0.1) is 0 Å². The van der Waals surface area contributed by atoms with Gasteiger partial charge in [0.1, 0.15) is 5.84 Å². The van der Waals surface area contributed by atoms with Crippen LogP contribution in [0.2, 0.25) is 0 Å². The topological polar surface area (TPSA) is 39.1 Å². The molecular weight excluding hydrogens is 138 g/mol. The standard InChI is InChI=1S/C8H15N3/c1-10-5-4-8(9)11-6-2-3-7-11/h4-5,9-10H,2-3,6-7H2,1H3/b5-4-,9-8?. The molecule has 0 radical (unpaired) electrons. The first-order valence-corrected chi connectivity index (χ1v) is 4.02. The molecule has 0 amide bonds.